The Bertz CT molecular complexity index is 440. The van der Waals surface area contributed by atoms with Crippen molar-refractivity contribution in [2.24, 2.45) is 0 Å². The lowest BCUT2D eigenvalue weighted by Gasteiger charge is -2.27. The average molecular weight is 246 g/mol. The Balaban J connectivity index is 2.23. The molecule has 0 spiro atoms. The van der Waals surface area contributed by atoms with Crippen LogP contribution in [-0.2, 0) is 13.0 Å². The molecular weight excluding hydrogens is 224 g/mol. The van der Waals surface area contributed by atoms with Gasteiger partial charge in [-0.3, -0.25) is 0 Å². The van der Waals surface area contributed by atoms with E-state index >= 15 is 0 Å². The molecule has 0 aromatic carbocycles. The van der Waals surface area contributed by atoms with Gasteiger partial charge in [0.2, 0.25) is 0 Å². The van der Waals surface area contributed by atoms with Gasteiger partial charge in [0, 0.05) is 18.8 Å². The van der Waals surface area contributed by atoms with Crippen LogP contribution in [0, 0.1) is 0 Å². The number of aliphatic hydroxyl groups excluding tert-OH is 1. The van der Waals surface area contributed by atoms with Crippen molar-refractivity contribution in [2.75, 3.05) is 18.0 Å². The van der Waals surface area contributed by atoms with Gasteiger partial charge < -0.3 is 10.0 Å². The van der Waals surface area contributed by atoms with E-state index in [9.17, 15) is 5.11 Å². The third kappa shape index (κ3) is 3.10. The number of pyridine rings is 1. The monoisotopic (exact) mass is 246 g/mol. The van der Waals surface area contributed by atoms with Crippen LogP contribution in [0.15, 0.2) is 23.8 Å². The summed E-state index contributed by atoms with van der Waals surface area (Å²) in [5.41, 5.74) is 3.51. The summed E-state index contributed by atoms with van der Waals surface area (Å²) < 4.78 is 0. The van der Waals surface area contributed by atoms with Gasteiger partial charge in [-0.15, -0.1) is 0 Å². The summed E-state index contributed by atoms with van der Waals surface area (Å²) in [4.78, 5) is 6.99. The van der Waals surface area contributed by atoms with E-state index < -0.39 is 0 Å². The number of aliphatic hydroxyl groups is 1. The van der Waals surface area contributed by atoms with Gasteiger partial charge in [0.15, 0.2) is 0 Å². The fourth-order valence-electron chi connectivity index (χ4n) is 2.25. The molecule has 0 atom stereocenters. The molecule has 0 saturated carbocycles. The Labute approximate surface area is 109 Å². The van der Waals surface area contributed by atoms with Crippen molar-refractivity contribution < 1.29 is 5.11 Å². The van der Waals surface area contributed by atoms with Crippen molar-refractivity contribution in [1.82, 2.24) is 4.98 Å². The highest BCUT2D eigenvalue weighted by Crippen LogP contribution is 2.20. The first-order valence-corrected chi connectivity index (χ1v) is 6.74. The van der Waals surface area contributed by atoms with E-state index in [2.05, 4.69) is 24.8 Å². The molecule has 3 heteroatoms. The summed E-state index contributed by atoms with van der Waals surface area (Å²) in [6, 6.07) is 4.02. The molecule has 0 aliphatic carbocycles. The minimum Gasteiger partial charge on any atom is -0.392 e. The number of rotatable bonds is 4. The molecule has 2 rings (SSSR count). The maximum Gasteiger partial charge on any atom is 0.129 e. The van der Waals surface area contributed by atoms with Gasteiger partial charge in [0.05, 0.1) is 6.61 Å². The minimum atomic E-state index is 0.0922. The molecule has 1 aliphatic rings. The van der Waals surface area contributed by atoms with Gasteiger partial charge in [0.25, 0.3) is 0 Å². The summed E-state index contributed by atoms with van der Waals surface area (Å²) in [6.07, 6.45) is 5.42. The van der Waals surface area contributed by atoms with Crippen LogP contribution >= 0.6 is 0 Å². The Morgan fingerprint density at radius 1 is 1.39 bits per heavy atom. The molecule has 1 aromatic heterocycles. The average Bonchev–Trinajstić information content (AvgIpc) is 2.39. The molecule has 18 heavy (non-hydrogen) atoms. The molecule has 3 nitrogen and oxygen atoms in total. The molecule has 1 aromatic rings. The molecule has 2 heterocycles. The highest BCUT2D eigenvalue weighted by molar-refractivity contribution is 5.44. The second-order valence-corrected chi connectivity index (χ2v) is 4.98. The fourth-order valence-corrected chi connectivity index (χ4v) is 2.25. The van der Waals surface area contributed by atoms with Crippen LogP contribution in [0.1, 0.15) is 37.9 Å². The number of aromatic nitrogens is 1. The number of anilines is 1. The van der Waals surface area contributed by atoms with E-state index in [1.807, 2.05) is 12.1 Å². The Hall–Kier alpha value is -1.35. The SMILES string of the molecule is CCCc1cc(CO)cc(N2CC=C(C)CC2)n1. The van der Waals surface area contributed by atoms with Crippen molar-refractivity contribution in [3.8, 4) is 0 Å². The molecule has 0 bridgehead atoms. The van der Waals surface area contributed by atoms with E-state index in [0.29, 0.717) is 0 Å². The van der Waals surface area contributed by atoms with Gasteiger partial charge in [-0.2, -0.15) is 0 Å². The lowest BCUT2D eigenvalue weighted by Crippen LogP contribution is -2.29. The maximum absolute atomic E-state index is 9.34. The number of aryl methyl sites for hydroxylation is 1. The van der Waals surface area contributed by atoms with Crippen molar-refractivity contribution in [3.63, 3.8) is 0 Å². The third-order valence-corrected chi connectivity index (χ3v) is 3.37. The van der Waals surface area contributed by atoms with Gasteiger partial charge in [-0.25, -0.2) is 4.98 Å². The molecule has 0 fully saturated rings. The molecule has 1 aliphatic heterocycles. The lowest BCUT2D eigenvalue weighted by atomic mass is 10.1. The van der Waals surface area contributed by atoms with Crippen molar-refractivity contribution in [3.05, 3.63) is 35.0 Å². The standard InChI is InChI=1S/C15H22N2O/c1-3-4-14-9-13(11-18)10-15(16-14)17-7-5-12(2)6-8-17/h5,9-10,18H,3-4,6-8,11H2,1-2H3. The van der Waals surface area contributed by atoms with E-state index in [4.69, 9.17) is 4.98 Å². The molecular formula is C15H22N2O. The van der Waals surface area contributed by atoms with E-state index in [0.717, 1.165) is 49.4 Å². The summed E-state index contributed by atoms with van der Waals surface area (Å²) >= 11 is 0. The minimum absolute atomic E-state index is 0.0922. The zero-order valence-electron chi connectivity index (χ0n) is 11.3. The third-order valence-electron chi connectivity index (χ3n) is 3.37. The Morgan fingerprint density at radius 3 is 2.83 bits per heavy atom. The zero-order chi connectivity index (χ0) is 13.0. The van der Waals surface area contributed by atoms with Crippen molar-refractivity contribution >= 4 is 5.82 Å². The smallest absolute Gasteiger partial charge is 0.129 e. The number of hydrogen-bond acceptors (Lipinski definition) is 3. The predicted octanol–water partition coefficient (Wildman–Crippen LogP) is 2.68. The molecule has 1 N–H and O–H groups in total. The Morgan fingerprint density at radius 2 is 2.22 bits per heavy atom. The summed E-state index contributed by atoms with van der Waals surface area (Å²) in [5, 5.41) is 9.34. The first-order valence-electron chi connectivity index (χ1n) is 6.74. The van der Waals surface area contributed by atoms with Crippen LogP contribution < -0.4 is 4.90 Å². The Kier molecular flexibility index (Phi) is 4.37. The molecule has 0 radical (unpaired) electrons. The molecule has 0 amide bonds. The summed E-state index contributed by atoms with van der Waals surface area (Å²) in [5.74, 6) is 1.01. The fraction of sp³-hybridized carbons (Fsp3) is 0.533. The van der Waals surface area contributed by atoms with Crippen LogP contribution in [-0.4, -0.2) is 23.2 Å². The van der Waals surface area contributed by atoms with Crippen LogP contribution in [0.2, 0.25) is 0 Å². The van der Waals surface area contributed by atoms with Crippen molar-refractivity contribution in [2.45, 2.75) is 39.7 Å². The van der Waals surface area contributed by atoms with Gasteiger partial charge in [-0.1, -0.05) is 25.0 Å². The number of hydrogen-bond donors (Lipinski definition) is 1. The first-order chi connectivity index (χ1) is 8.72. The van der Waals surface area contributed by atoms with Crippen molar-refractivity contribution in [1.29, 1.82) is 0 Å². The van der Waals surface area contributed by atoms with Gasteiger partial charge in [-0.05, 0) is 37.5 Å². The highest BCUT2D eigenvalue weighted by atomic mass is 16.3. The topological polar surface area (TPSA) is 36.4 Å². The second kappa shape index (κ2) is 6.01. The number of nitrogens with zero attached hydrogens (tertiary/aromatic N) is 2. The predicted molar refractivity (Wildman–Crippen MR) is 74.7 cm³/mol. The van der Waals surface area contributed by atoms with Crippen LogP contribution in [0.5, 0.6) is 0 Å². The summed E-state index contributed by atoms with van der Waals surface area (Å²) in [7, 11) is 0. The van der Waals surface area contributed by atoms with Crippen LogP contribution in [0.3, 0.4) is 0 Å². The van der Waals surface area contributed by atoms with E-state index in [-0.39, 0.29) is 6.61 Å². The van der Waals surface area contributed by atoms with E-state index in [1.165, 1.54) is 5.57 Å². The zero-order valence-corrected chi connectivity index (χ0v) is 11.3. The molecule has 0 unspecified atom stereocenters. The van der Waals surface area contributed by atoms with E-state index in [1.54, 1.807) is 0 Å². The largest absolute Gasteiger partial charge is 0.392 e. The first kappa shape index (κ1) is 13.1. The molecule has 98 valence electrons. The quantitative estimate of drug-likeness (QED) is 0.830. The normalized spacial score (nSPS) is 15.7. The van der Waals surface area contributed by atoms with Crippen LogP contribution in [0.25, 0.3) is 0 Å². The van der Waals surface area contributed by atoms with Gasteiger partial charge >= 0.3 is 0 Å². The second-order valence-electron chi connectivity index (χ2n) is 4.98. The lowest BCUT2D eigenvalue weighted by molar-refractivity contribution is 0.281. The van der Waals surface area contributed by atoms with Crippen LogP contribution in [0.4, 0.5) is 5.82 Å². The molecule has 0 saturated heterocycles. The highest BCUT2D eigenvalue weighted by Gasteiger charge is 2.12. The summed E-state index contributed by atoms with van der Waals surface area (Å²) in [6.45, 7) is 6.38. The van der Waals surface area contributed by atoms with Gasteiger partial charge in [0.1, 0.15) is 5.82 Å². The maximum atomic E-state index is 9.34.